The average molecular weight is 580 g/mol. The number of carbonyl (C=O) groups excluding carboxylic acids is 3. The first kappa shape index (κ1) is 28.3. The Balaban J connectivity index is 1.58. The maximum atomic E-state index is 13.9. The summed E-state index contributed by atoms with van der Waals surface area (Å²) >= 11 is 0. The number of fused-ring (bicyclic) bond motifs is 1. The van der Waals surface area contributed by atoms with Gasteiger partial charge >= 0.3 is 11.9 Å². The lowest BCUT2D eigenvalue weighted by Crippen LogP contribution is -2.28. The summed E-state index contributed by atoms with van der Waals surface area (Å²) in [6.45, 7) is 3.38. The zero-order valence-corrected chi connectivity index (χ0v) is 22.6. The average Bonchev–Trinajstić information content (AvgIpc) is 3.38. The van der Waals surface area contributed by atoms with Crippen molar-refractivity contribution in [3.8, 4) is 5.69 Å². The van der Waals surface area contributed by atoms with Crippen LogP contribution in [0.1, 0.15) is 67.7 Å². The van der Waals surface area contributed by atoms with Crippen LogP contribution in [0.4, 0.5) is 24.5 Å². The van der Waals surface area contributed by atoms with E-state index in [1.165, 1.54) is 45.5 Å². The van der Waals surface area contributed by atoms with Crippen molar-refractivity contribution in [3.05, 3.63) is 99.0 Å². The summed E-state index contributed by atoms with van der Waals surface area (Å²) < 4.78 is 44.1. The van der Waals surface area contributed by atoms with E-state index in [4.69, 9.17) is 5.73 Å². The molecule has 216 valence electrons. The van der Waals surface area contributed by atoms with Crippen LogP contribution in [0.15, 0.2) is 59.4 Å². The van der Waals surface area contributed by atoms with Crippen LogP contribution >= 0.6 is 0 Å². The predicted octanol–water partition coefficient (Wildman–Crippen LogP) is 3.76. The van der Waals surface area contributed by atoms with Gasteiger partial charge in [-0.25, -0.2) is 19.0 Å². The van der Waals surface area contributed by atoms with Crippen molar-refractivity contribution in [3.63, 3.8) is 0 Å². The number of pyridine rings is 1. The lowest BCUT2D eigenvalue weighted by Gasteiger charge is -2.25. The van der Waals surface area contributed by atoms with Crippen LogP contribution in [0.5, 0.6) is 0 Å². The highest BCUT2D eigenvalue weighted by molar-refractivity contribution is 6.15. The lowest BCUT2D eigenvalue weighted by atomic mass is 9.99. The lowest BCUT2D eigenvalue weighted by molar-refractivity contribution is -0.141. The molecule has 1 unspecified atom stereocenters. The van der Waals surface area contributed by atoms with Crippen molar-refractivity contribution in [1.82, 2.24) is 19.3 Å². The standard InChI is InChI=1S/C28H24F3N7O4/c1-4-20-22-19(26(41)38(20)18-10-8-17(9-11-18)37-14(2)35-36(3)27(37)42)13-21(28(29,30)31)34-23(22)25(40)33-16-7-5-6-15(12-16)24(32)39/h5-13,20H,4H2,1-3H3,(H2,32,39)(H,33,40). The second kappa shape index (κ2) is 10.3. The number of alkyl halides is 3. The first-order valence-electron chi connectivity index (χ1n) is 12.7. The van der Waals surface area contributed by atoms with E-state index < -0.39 is 41.3 Å². The Morgan fingerprint density at radius 1 is 1.05 bits per heavy atom. The third-order valence-corrected chi connectivity index (χ3v) is 6.92. The number of hydrogen-bond acceptors (Lipinski definition) is 6. The van der Waals surface area contributed by atoms with Gasteiger partial charge in [-0.15, -0.1) is 0 Å². The van der Waals surface area contributed by atoms with Crippen LogP contribution in [0, 0.1) is 6.92 Å². The van der Waals surface area contributed by atoms with Gasteiger partial charge < -0.3 is 16.0 Å². The molecule has 1 aliphatic heterocycles. The van der Waals surface area contributed by atoms with E-state index in [2.05, 4.69) is 15.4 Å². The van der Waals surface area contributed by atoms with Crippen LogP contribution < -0.4 is 21.6 Å². The van der Waals surface area contributed by atoms with Crippen molar-refractivity contribution in [2.24, 2.45) is 12.8 Å². The molecule has 1 aliphatic rings. The molecule has 1 atom stereocenters. The molecule has 0 radical (unpaired) electrons. The highest BCUT2D eigenvalue weighted by atomic mass is 19.4. The molecule has 14 heteroatoms. The van der Waals surface area contributed by atoms with E-state index in [1.54, 1.807) is 38.1 Å². The number of aromatic nitrogens is 4. The van der Waals surface area contributed by atoms with E-state index >= 15 is 0 Å². The van der Waals surface area contributed by atoms with E-state index in [9.17, 15) is 32.3 Å². The number of amides is 3. The largest absolute Gasteiger partial charge is 0.433 e. The molecule has 0 spiro atoms. The van der Waals surface area contributed by atoms with Crippen molar-refractivity contribution in [2.75, 3.05) is 10.2 Å². The van der Waals surface area contributed by atoms with Crippen molar-refractivity contribution >= 4 is 29.1 Å². The van der Waals surface area contributed by atoms with Crippen molar-refractivity contribution in [1.29, 1.82) is 0 Å². The number of aryl methyl sites for hydroxylation is 2. The fourth-order valence-electron chi connectivity index (χ4n) is 5.06. The predicted molar refractivity (Wildman–Crippen MR) is 146 cm³/mol. The number of hydrogen-bond donors (Lipinski definition) is 2. The van der Waals surface area contributed by atoms with Gasteiger partial charge in [0.25, 0.3) is 11.8 Å². The topological polar surface area (TPSA) is 145 Å². The molecule has 0 bridgehead atoms. The number of primary amides is 1. The molecule has 5 rings (SSSR count). The van der Waals surface area contributed by atoms with Crippen molar-refractivity contribution < 1.29 is 27.6 Å². The first-order chi connectivity index (χ1) is 19.8. The molecule has 3 amide bonds. The zero-order chi connectivity index (χ0) is 30.5. The van der Waals surface area contributed by atoms with Crippen LogP contribution in [-0.2, 0) is 13.2 Å². The fourth-order valence-corrected chi connectivity index (χ4v) is 5.06. The van der Waals surface area contributed by atoms with Crippen LogP contribution in [-0.4, -0.2) is 37.1 Å². The number of benzene rings is 2. The van der Waals surface area contributed by atoms with Crippen LogP contribution in [0.2, 0.25) is 0 Å². The molecule has 4 aromatic rings. The minimum Gasteiger partial charge on any atom is -0.366 e. The van der Waals surface area contributed by atoms with E-state index in [0.29, 0.717) is 23.3 Å². The van der Waals surface area contributed by atoms with E-state index in [-0.39, 0.29) is 34.5 Å². The van der Waals surface area contributed by atoms with Gasteiger partial charge in [0.1, 0.15) is 17.2 Å². The second-order valence-electron chi connectivity index (χ2n) is 9.62. The molecular formula is C28H24F3N7O4. The maximum absolute atomic E-state index is 13.9. The molecule has 11 nitrogen and oxygen atoms in total. The van der Waals surface area contributed by atoms with Gasteiger partial charge in [0.2, 0.25) is 5.91 Å². The molecular weight excluding hydrogens is 555 g/mol. The normalized spacial score (nSPS) is 14.7. The Labute approximate surface area is 236 Å². The minimum absolute atomic E-state index is 0.0439. The van der Waals surface area contributed by atoms with Gasteiger partial charge in [0.05, 0.1) is 11.7 Å². The number of anilines is 2. The molecule has 0 fully saturated rings. The van der Waals surface area contributed by atoms with Gasteiger partial charge in [-0.05, 0) is 61.9 Å². The zero-order valence-electron chi connectivity index (χ0n) is 22.6. The molecule has 0 saturated heterocycles. The third kappa shape index (κ3) is 4.80. The molecule has 3 heterocycles. The second-order valence-corrected chi connectivity index (χ2v) is 9.62. The summed E-state index contributed by atoms with van der Waals surface area (Å²) in [4.78, 5) is 56.0. The van der Waals surface area contributed by atoms with Gasteiger partial charge in [-0.3, -0.25) is 14.4 Å². The van der Waals surface area contributed by atoms with E-state index in [1.807, 2.05) is 0 Å². The molecule has 2 aromatic heterocycles. The summed E-state index contributed by atoms with van der Waals surface area (Å²) in [5.74, 6) is -2.05. The number of halogens is 3. The number of carbonyl (C=O) groups is 3. The molecule has 42 heavy (non-hydrogen) atoms. The third-order valence-electron chi connectivity index (χ3n) is 6.92. The highest BCUT2D eigenvalue weighted by Gasteiger charge is 2.44. The Bertz CT molecular complexity index is 1810. The number of nitrogens with zero attached hydrogens (tertiary/aromatic N) is 5. The Kier molecular flexibility index (Phi) is 6.92. The summed E-state index contributed by atoms with van der Waals surface area (Å²) in [6.07, 6.45) is -4.70. The number of nitrogens with two attached hydrogens (primary N) is 1. The number of rotatable bonds is 6. The Morgan fingerprint density at radius 2 is 1.71 bits per heavy atom. The Hall–Kier alpha value is -5.27. The summed E-state index contributed by atoms with van der Waals surface area (Å²) in [5.41, 5.74) is 3.70. The summed E-state index contributed by atoms with van der Waals surface area (Å²) in [7, 11) is 1.51. The summed E-state index contributed by atoms with van der Waals surface area (Å²) in [6, 6.07) is 11.7. The monoisotopic (exact) mass is 579 g/mol. The minimum atomic E-state index is -4.94. The van der Waals surface area contributed by atoms with E-state index in [0.717, 1.165) is 0 Å². The Morgan fingerprint density at radius 3 is 2.29 bits per heavy atom. The number of nitrogens with one attached hydrogen (secondary N) is 1. The van der Waals surface area contributed by atoms with Crippen LogP contribution in [0.25, 0.3) is 5.69 Å². The fraction of sp³-hybridized carbons (Fsp3) is 0.214. The quantitative estimate of drug-likeness (QED) is 0.356. The molecule has 0 saturated carbocycles. The SMILES string of the molecule is CCC1c2c(cc(C(F)(F)F)nc2C(=O)Nc2cccc(C(N)=O)c2)C(=O)N1c1ccc(-n2c(C)nn(C)c2=O)cc1. The van der Waals surface area contributed by atoms with Crippen LogP contribution in [0.3, 0.4) is 0 Å². The van der Waals surface area contributed by atoms with Gasteiger partial charge in [0.15, 0.2) is 0 Å². The molecule has 2 aromatic carbocycles. The first-order valence-corrected chi connectivity index (χ1v) is 12.7. The summed E-state index contributed by atoms with van der Waals surface area (Å²) in [5, 5.41) is 6.56. The molecule has 0 aliphatic carbocycles. The van der Waals surface area contributed by atoms with Gasteiger partial charge in [0, 0.05) is 35.1 Å². The maximum Gasteiger partial charge on any atom is 0.433 e. The highest BCUT2D eigenvalue weighted by Crippen LogP contribution is 2.43. The van der Waals surface area contributed by atoms with Gasteiger partial charge in [-0.1, -0.05) is 13.0 Å². The van der Waals surface area contributed by atoms with Gasteiger partial charge in [-0.2, -0.15) is 18.3 Å². The van der Waals surface area contributed by atoms with Crippen molar-refractivity contribution in [2.45, 2.75) is 32.5 Å². The molecule has 3 N–H and O–H groups in total. The smallest absolute Gasteiger partial charge is 0.366 e.